The Morgan fingerprint density at radius 1 is 1.16 bits per heavy atom. The van der Waals surface area contributed by atoms with Crippen molar-refractivity contribution in [2.45, 2.75) is 18.6 Å². The average Bonchev–Trinajstić information content (AvgIpc) is 2.40. The van der Waals surface area contributed by atoms with Crippen molar-refractivity contribution in [2.75, 3.05) is 0 Å². The lowest BCUT2D eigenvalue weighted by molar-refractivity contribution is 0.0657. The largest absolute Gasteiger partial charge is 0.485 e. The minimum Gasteiger partial charge on any atom is -0.485 e. The molecule has 1 N–H and O–H groups in total. The third kappa shape index (κ3) is 2.44. The van der Waals surface area contributed by atoms with Gasteiger partial charge >= 0.3 is 0 Å². The van der Waals surface area contributed by atoms with E-state index in [4.69, 9.17) is 16.3 Å². The van der Waals surface area contributed by atoms with E-state index in [0.29, 0.717) is 22.8 Å². The number of rotatable bonds is 1. The Hall–Kier alpha value is -1.58. The molecule has 2 aromatic rings. The van der Waals surface area contributed by atoms with Gasteiger partial charge in [-0.25, -0.2) is 4.39 Å². The maximum Gasteiger partial charge on any atom is 0.127 e. The van der Waals surface area contributed by atoms with E-state index in [1.165, 1.54) is 12.1 Å². The summed E-state index contributed by atoms with van der Waals surface area (Å²) >= 11 is 5.90. The molecule has 4 heteroatoms. The minimum atomic E-state index is -0.627. The van der Waals surface area contributed by atoms with Gasteiger partial charge in [-0.2, -0.15) is 0 Å². The Balaban J connectivity index is 1.92. The molecule has 0 aliphatic carbocycles. The van der Waals surface area contributed by atoms with Crippen LogP contribution in [0.25, 0.3) is 0 Å². The smallest absolute Gasteiger partial charge is 0.127 e. The first-order chi connectivity index (χ1) is 9.13. The highest BCUT2D eigenvalue weighted by Gasteiger charge is 2.28. The molecule has 0 amide bonds. The lowest BCUT2D eigenvalue weighted by Gasteiger charge is -2.30. The van der Waals surface area contributed by atoms with Gasteiger partial charge in [-0.15, -0.1) is 0 Å². The quantitative estimate of drug-likeness (QED) is 0.853. The lowest BCUT2D eigenvalue weighted by Crippen LogP contribution is -2.19. The van der Waals surface area contributed by atoms with Gasteiger partial charge in [0.2, 0.25) is 0 Å². The highest BCUT2D eigenvalue weighted by molar-refractivity contribution is 6.30. The molecule has 0 saturated heterocycles. The first kappa shape index (κ1) is 12.5. The van der Waals surface area contributed by atoms with Crippen LogP contribution in [-0.2, 0) is 0 Å². The van der Waals surface area contributed by atoms with Gasteiger partial charge in [0.1, 0.15) is 17.7 Å². The predicted octanol–water partition coefficient (Wildman–Crippen LogP) is 4.04. The number of aliphatic hydroxyl groups excluding tert-OH is 1. The normalized spacial score (nSPS) is 21.6. The summed E-state index contributed by atoms with van der Waals surface area (Å²) in [6.45, 7) is 0. The monoisotopic (exact) mass is 278 g/mol. The molecule has 1 aliphatic rings. The average molecular weight is 279 g/mol. The topological polar surface area (TPSA) is 29.5 Å². The standard InChI is InChI=1S/C15H12ClFO2/c16-10-3-6-14-12(7-10)13(18)8-15(19-14)9-1-4-11(17)5-2-9/h1-7,13,15,18H,8H2. The van der Waals surface area contributed by atoms with E-state index in [9.17, 15) is 9.50 Å². The molecule has 2 atom stereocenters. The van der Waals surface area contributed by atoms with Crippen LogP contribution < -0.4 is 4.74 Å². The molecule has 2 aromatic carbocycles. The third-order valence-corrected chi connectivity index (χ3v) is 3.51. The van der Waals surface area contributed by atoms with E-state index in [-0.39, 0.29) is 11.9 Å². The molecule has 98 valence electrons. The van der Waals surface area contributed by atoms with Crippen LogP contribution in [0.3, 0.4) is 0 Å². The van der Waals surface area contributed by atoms with E-state index >= 15 is 0 Å². The van der Waals surface area contributed by atoms with E-state index in [0.717, 1.165) is 5.56 Å². The predicted molar refractivity (Wildman–Crippen MR) is 70.8 cm³/mol. The Morgan fingerprint density at radius 3 is 2.63 bits per heavy atom. The van der Waals surface area contributed by atoms with Crippen molar-refractivity contribution < 1.29 is 14.2 Å². The number of aliphatic hydroxyl groups is 1. The highest BCUT2D eigenvalue weighted by Crippen LogP contribution is 2.41. The summed E-state index contributed by atoms with van der Waals surface area (Å²) in [7, 11) is 0. The molecule has 2 unspecified atom stereocenters. The van der Waals surface area contributed by atoms with Crippen molar-refractivity contribution in [3.63, 3.8) is 0 Å². The molecule has 3 rings (SSSR count). The van der Waals surface area contributed by atoms with Crippen LogP contribution in [0.2, 0.25) is 5.02 Å². The summed E-state index contributed by atoms with van der Waals surface area (Å²) in [5.74, 6) is 0.338. The maximum atomic E-state index is 12.9. The van der Waals surface area contributed by atoms with E-state index in [2.05, 4.69) is 0 Å². The Morgan fingerprint density at radius 2 is 1.89 bits per heavy atom. The van der Waals surface area contributed by atoms with Crippen molar-refractivity contribution in [2.24, 2.45) is 0 Å². The van der Waals surface area contributed by atoms with Gasteiger partial charge in [0.05, 0.1) is 6.10 Å². The van der Waals surface area contributed by atoms with Gasteiger partial charge < -0.3 is 9.84 Å². The number of benzene rings is 2. The first-order valence-electron chi connectivity index (χ1n) is 6.03. The number of halogens is 2. The van der Waals surface area contributed by atoms with Gasteiger partial charge in [-0.1, -0.05) is 23.7 Å². The zero-order valence-corrected chi connectivity index (χ0v) is 10.8. The van der Waals surface area contributed by atoms with Crippen LogP contribution in [0, 0.1) is 5.82 Å². The van der Waals surface area contributed by atoms with Gasteiger partial charge in [-0.3, -0.25) is 0 Å². The first-order valence-corrected chi connectivity index (χ1v) is 6.41. The van der Waals surface area contributed by atoms with Crippen molar-refractivity contribution in [3.05, 3.63) is 64.4 Å². The van der Waals surface area contributed by atoms with Gasteiger partial charge in [0.25, 0.3) is 0 Å². The minimum absolute atomic E-state index is 0.274. The summed E-state index contributed by atoms with van der Waals surface area (Å²) in [4.78, 5) is 0. The molecular weight excluding hydrogens is 267 g/mol. The Bertz CT molecular complexity index is 598. The summed E-state index contributed by atoms with van der Waals surface area (Å²) < 4.78 is 18.8. The van der Waals surface area contributed by atoms with Crippen LogP contribution in [0.5, 0.6) is 5.75 Å². The van der Waals surface area contributed by atoms with E-state index < -0.39 is 6.10 Å². The van der Waals surface area contributed by atoms with Crippen LogP contribution in [-0.4, -0.2) is 5.11 Å². The van der Waals surface area contributed by atoms with Gasteiger partial charge in [-0.05, 0) is 35.9 Å². The van der Waals surface area contributed by atoms with Crippen molar-refractivity contribution in [1.29, 1.82) is 0 Å². The number of fused-ring (bicyclic) bond motifs is 1. The molecular formula is C15H12ClFO2. The second-order valence-electron chi connectivity index (χ2n) is 4.59. The molecule has 2 nitrogen and oxygen atoms in total. The number of ether oxygens (including phenoxy) is 1. The Labute approximate surface area is 115 Å². The van der Waals surface area contributed by atoms with Crippen LogP contribution in [0.15, 0.2) is 42.5 Å². The fourth-order valence-corrected chi connectivity index (χ4v) is 2.48. The summed E-state index contributed by atoms with van der Waals surface area (Å²) in [6, 6.07) is 11.3. The molecule has 0 aromatic heterocycles. The van der Waals surface area contributed by atoms with Crippen molar-refractivity contribution in [1.82, 2.24) is 0 Å². The van der Waals surface area contributed by atoms with E-state index in [1.807, 2.05) is 0 Å². The molecule has 0 spiro atoms. The van der Waals surface area contributed by atoms with Crippen LogP contribution in [0.4, 0.5) is 4.39 Å². The SMILES string of the molecule is OC1CC(c2ccc(F)cc2)Oc2ccc(Cl)cc21. The van der Waals surface area contributed by atoms with Crippen LogP contribution in [0.1, 0.15) is 29.8 Å². The zero-order valence-electron chi connectivity index (χ0n) is 10.0. The van der Waals surface area contributed by atoms with Gasteiger partial charge in [0, 0.05) is 17.0 Å². The summed E-state index contributed by atoms with van der Waals surface area (Å²) in [5.41, 5.74) is 1.55. The fourth-order valence-electron chi connectivity index (χ4n) is 2.30. The second-order valence-corrected chi connectivity index (χ2v) is 5.03. The number of hydrogen-bond acceptors (Lipinski definition) is 2. The summed E-state index contributed by atoms with van der Waals surface area (Å²) in [5, 5.41) is 10.7. The third-order valence-electron chi connectivity index (χ3n) is 3.28. The molecule has 0 fully saturated rings. The molecule has 19 heavy (non-hydrogen) atoms. The zero-order chi connectivity index (χ0) is 13.4. The van der Waals surface area contributed by atoms with E-state index in [1.54, 1.807) is 30.3 Å². The molecule has 0 bridgehead atoms. The molecule has 0 saturated carbocycles. The van der Waals surface area contributed by atoms with Crippen molar-refractivity contribution in [3.8, 4) is 5.75 Å². The van der Waals surface area contributed by atoms with Crippen molar-refractivity contribution >= 4 is 11.6 Å². The maximum absolute atomic E-state index is 12.9. The fraction of sp³-hybridized carbons (Fsp3) is 0.200. The second kappa shape index (κ2) is 4.83. The molecule has 1 heterocycles. The highest BCUT2D eigenvalue weighted by atomic mass is 35.5. The van der Waals surface area contributed by atoms with Gasteiger partial charge in [0.15, 0.2) is 0 Å². The Kier molecular flexibility index (Phi) is 3.17. The molecule has 0 radical (unpaired) electrons. The summed E-state index contributed by atoms with van der Waals surface area (Å²) in [6.07, 6.45) is -0.472. The lowest BCUT2D eigenvalue weighted by atomic mass is 9.95. The van der Waals surface area contributed by atoms with Crippen LogP contribution >= 0.6 is 11.6 Å². The molecule has 1 aliphatic heterocycles. The number of hydrogen-bond donors (Lipinski definition) is 1.